The van der Waals surface area contributed by atoms with E-state index in [-0.39, 0.29) is 0 Å². The molecule has 0 radical (unpaired) electrons. The summed E-state index contributed by atoms with van der Waals surface area (Å²) in [4.78, 5) is 0. The quantitative estimate of drug-likeness (QED) is 0.746. The molecular weight excluding hydrogens is 202 g/mol. The molecule has 0 aromatic heterocycles. The predicted octanol–water partition coefficient (Wildman–Crippen LogP) is 3.44. The zero-order chi connectivity index (χ0) is 10.5. The first-order valence-electron chi connectivity index (χ1n) is 6.75. The van der Waals surface area contributed by atoms with Crippen molar-refractivity contribution in [3.05, 3.63) is 0 Å². The van der Waals surface area contributed by atoms with E-state index in [1.807, 2.05) is 0 Å². The second kappa shape index (κ2) is 6.15. The van der Waals surface area contributed by atoms with Gasteiger partial charge in [0.2, 0.25) is 0 Å². The van der Waals surface area contributed by atoms with E-state index in [0.717, 1.165) is 23.8 Å². The van der Waals surface area contributed by atoms with Crippen LogP contribution in [0.5, 0.6) is 0 Å². The Morgan fingerprint density at radius 1 is 1.27 bits per heavy atom. The van der Waals surface area contributed by atoms with Crippen LogP contribution in [0.15, 0.2) is 0 Å². The summed E-state index contributed by atoms with van der Waals surface area (Å²) < 4.78 is 0. The standard InChI is InChI=1S/C13H25NS/c1-2-14-12(9-8-11-6-7-11)13-5-3-4-10-15-13/h11-14H,2-10H2,1H3. The zero-order valence-electron chi connectivity index (χ0n) is 10.0. The molecule has 1 saturated carbocycles. The molecule has 1 aliphatic heterocycles. The van der Waals surface area contributed by atoms with Gasteiger partial charge in [0, 0.05) is 11.3 Å². The maximum absolute atomic E-state index is 3.71. The summed E-state index contributed by atoms with van der Waals surface area (Å²) in [7, 11) is 0. The summed E-state index contributed by atoms with van der Waals surface area (Å²) in [5.41, 5.74) is 0. The van der Waals surface area contributed by atoms with E-state index in [9.17, 15) is 0 Å². The fourth-order valence-electron chi connectivity index (χ4n) is 2.59. The lowest BCUT2D eigenvalue weighted by Gasteiger charge is -2.30. The molecule has 0 bridgehead atoms. The van der Waals surface area contributed by atoms with Crippen LogP contribution in [0, 0.1) is 5.92 Å². The van der Waals surface area contributed by atoms with E-state index < -0.39 is 0 Å². The Morgan fingerprint density at radius 3 is 2.73 bits per heavy atom. The topological polar surface area (TPSA) is 12.0 Å². The number of hydrogen-bond acceptors (Lipinski definition) is 2. The molecule has 0 spiro atoms. The Labute approximate surface area is 98.8 Å². The summed E-state index contributed by atoms with van der Waals surface area (Å²) >= 11 is 2.22. The first kappa shape index (κ1) is 11.8. The van der Waals surface area contributed by atoms with Gasteiger partial charge in [0.1, 0.15) is 0 Å². The van der Waals surface area contributed by atoms with Gasteiger partial charge in [-0.2, -0.15) is 11.8 Å². The van der Waals surface area contributed by atoms with Crippen molar-refractivity contribution in [1.29, 1.82) is 0 Å². The van der Waals surface area contributed by atoms with Crippen molar-refractivity contribution in [2.45, 2.75) is 63.2 Å². The van der Waals surface area contributed by atoms with Crippen molar-refractivity contribution in [3.63, 3.8) is 0 Å². The van der Waals surface area contributed by atoms with Crippen molar-refractivity contribution in [1.82, 2.24) is 5.32 Å². The average Bonchev–Trinajstić information content (AvgIpc) is 3.09. The Morgan fingerprint density at radius 2 is 2.13 bits per heavy atom. The lowest BCUT2D eigenvalue weighted by atomic mass is 10.0. The highest BCUT2D eigenvalue weighted by Crippen LogP contribution is 2.36. The van der Waals surface area contributed by atoms with E-state index in [1.165, 1.54) is 50.7 Å². The number of thioether (sulfide) groups is 1. The Kier molecular flexibility index (Phi) is 4.83. The largest absolute Gasteiger partial charge is 0.313 e. The van der Waals surface area contributed by atoms with Gasteiger partial charge >= 0.3 is 0 Å². The Hall–Kier alpha value is 0.310. The normalized spacial score (nSPS) is 29.0. The molecule has 1 N–H and O–H groups in total. The van der Waals surface area contributed by atoms with E-state index in [4.69, 9.17) is 0 Å². The fourth-order valence-corrected chi connectivity index (χ4v) is 4.06. The SMILES string of the molecule is CCNC(CCC1CC1)C1CCCCS1. The molecule has 2 atom stereocenters. The Bertz CT molecular complexity index is 173. The minimum atomic E-state index is 0.806. The van der Waals surface area contributed by atoms with Crippen LogP contribution in [0.1, 0.15) is 51.9 Å². The zero-order valence-corrected chi connectivity index (χ0v) is 10.8. The van der Waals surface area contributed by atoms with Crippen LogP contribution >= 0.6 is 11.8 Å². The van der Waals surface area contributed by atoms with E-state index in [1.54, 1.807) is 0 Å². The molecule has 0 aromatic carbocycles. The van der Waals surface area contributed by atoms with Gasteiger partial charge in [0.05, 0.1) is 0 Å². The Balaban J connectivity index is 1.74. The van der Waals surface area contributed by atoms with Crippen LogP contribution in [0.2, 0.25) is 0 Å². The summed E-state index contributed by atoms with van der Waals surface area (Å²) in [6, 6.07) is 0.806. The van der Waals surface area contributed by atoms with Gasteiger partial charge in [0.15, 0.2) is 0 Å². The van der Waals surface area contributed by atoms with Crippen LogP contribution in [0.25, 0.3) is 0 Å². The van der Waals surface area contributed by atoms with Crippen molar-refractivity contribution < 1.29 is 0 Å². The predicted molar refractivity (Wildman–Crippen MR) is 69.5 cm³/mol. The fraction of sp³-hybridized carbons (Fsp3) is 1.00. The number of nitrogens with one attached hydrogen (secondary N) is 1. The minimum absolute atomic E-state index is 0.806. The molecule has 1 aliphatic carbocycles. The molecule has 88 valence electrons. The molecule has 15 heavy (non-hydrogen) atoms. The molecule has 2 unspecified atom stereocenters. The van der Waals surface area contributed by atoms with Gasteiger partial charge in [0.25, 0.3) is 0 Å². The third-order valence-corrected chi connectivity index (χ3v) is 5.23. The highest BCUT2D eigenvalue weighted by molar-refractivity contribution is 8.00. The van der Waals surface area contributed by atoms with Crippen LogP contribution in [-0.4, -0.2) is 23.6 Å². The van der Waals surface area contributed by atoms with Crippen molar-refractivity contribution in [2.24, 2.45) is 5.92 Å². The van der Waals surface area contributed by atoms with Gasteiger partial charge in [-0.15, -0.1) is 0 Å². The molecule has 1 saturated heterocycles. The lowest BCUT2D eigenvalue weighted by molar-refractivity contribution is 0.429. The first-order chi connectivity index (χ1) is 7.40. The summed E-state index contributed by atoms with van der Waals surface area (Å²) in [6.45, 7) is 3.39. The number of hydrogen-bond donors (Lipinski definition) is 1. The molecule has 0 aromatic rings. The summed E-state index contributed by atoms with van der Waals surface area (Å²) in [6.07, 6.45) is 10.3. The molecule has 0 amide bonds. The van der Waals surface area contributed by atoms with Crippen LogP contribution in [-0.2, 0) is 0 Å². The molecular formula is C13H25NS. The minimum Gasteiger partial charge on any atom is -0.313 e. The van der Waals surface area contributed by atoms with Gasteiger partial charge < -0.3 is 5.32 Å². The summed E-state index contributed by atoms with van der Waals surface area (Å²) in [5.74, 6) is 2.50. The maximum Gasteiger partial charge on any atom is 0.0201 e. The monoisotopic (exact) mass is 227 g/mol. The van der Waals surface area contributed by atoms with Crippen LogP contribution in [0.4, 0.5) is 0 Å². The molecule has 2 fully saturated rings. The van der Waals surface area contributed by atoms with E-state index in [2.05, 4.69) is 24.0 Å². The lowest BCUT2D eigenvalue weighted by Crippen LogP contribution is -2.39. The molecule has 2 heteroatoms. The highest BCUT2D eigenvalue weighted by Gasteiger charge is 2.27. The average molecular weight is 227 g/mol. The van der Waals surface area contributed by atoms with E-state index in [0.29, 0.717) is 0 Å². The first-order valence-corrected chi connectivity index (χ1v) is 7.80. The second-order valence-electron chi connectivity index (χ2n) is 5.09. The molecule has 2 aliphatic rings. The third-order valence-electron chi connectivity index (χ3n) is 3.71. The maximum atomic E-state index is 3.71. The van der Waals surface area contributed by atoms with Gasteiger partial charge in [-0.3, -0.25) is 0 Å². The summed E-state index contributed by atoms with van der Waals surface area (Å²) in [5, 5.41) is 4.63. The van der Waals surface area contributed by atoms with Crippen molar-refractivity contribution >= 4 is 11.8 Å². The van der Waals surface area contributed by atoms with Crippen LogP contribution in [0.3, 0.4) is 0 Å². The van der Waals surface area contributed by atoms with E-state index >= 15 is 0 Å². The molecule has 2 rings (SSSR count). The third kappa shape index (κ3) is 3.99. The second-order valence-corrected chi connectivity index (χ2v) is 6.44. The van der Waals surface area contributed by atoms with Crippen molar-refractivity contribution in [2.75, 3.05) is 12.3 Å². The smallest absolute Gasteiger partial charge is 0.0201 e. The van der Waals surface area contributed by atoms with Gasteiger partial charge in [-0.05, 0) is 43.9 Å². The molecule has 1 nitrogen and oxygen atoms in total. The van der Waals surface area contributed by atoms with Crippen molar-refractivity contribution in [3.8, 4) is 0 Å². The molecule has 1 heterocycles. The van der Waals surface area contributed by atoms with Crippen LogP contribution < -0.4 is 5.32 Å². The van der Waals surface area contributed by atoms with Gasteiger partial charge in [-0.1, -0.05) is 26.2 Å². The number of rotatable bonds is 6. The highest BCUT2D eigenvalue weighted by atomic mass is 32.2. The van der Waals surface area contributed by atoms with Gasteiger partial charge in [-0.25, -0.2) is 0 Å².